The molecule has 1 fully saturated rings. The van der Waals surface area contributed by atoms with E-state index in [9.17, 15) is 22.8 Å². The third kappa shape index (κ3) is 3.39. The van der Waals surface area contributed by atoms with E-state index < -0.39 is 43.0 Å². The van der Waals surface area contributed by atoms with Gasteiger partial charge in [-0.05, 0) is 30.7 Å². The zero-order valence-electron chi connectivity index (χ0n) is 12.8. The van der Waals surface area contributed by atoms with Crippen LogP contribution in [0.15, 0.2) is 24.3 Å². The van der Waals surface area contributed by atoms with Crippen molar-refractivity contribution in [2.45, 2.75) is 12.6 Å². The van der Waals surface area contributed by atoms with Gasteiger partial charge in [0, 0.05) is 13.1 Å². The van der Waals surface area contributed by atoms with Gasteiger partial charge in [0.2, 0.25) is 0 Å². The Labute approximate surface area is 135 Å². The fourth-order valence-corrected chi connectivity index (χ4v) is 2.46. The summed E-state index contributed by atoms with van der Waals surface area (Å²) in [6, 6.07) is 6.31. The van der Waals surface area contributed by atoms with Gasteiger partial charge in [0.15, 0.2) is 12.0 Å². The second-order valence-electron chi connectivity index (χ2n) is 5.41. The molecule has 1 unspecified atom stereocenters. The van der Waals surface area contributed by atoms with E-state index in [-0.39, 0.29) is 6.54 Å². The Kier molecular flexibility index (Phi) is 4.91. The van der Waals surface area contributed by atoms with E-state index >= 15 is 0 Å². The van der Waals surface area contributed by atoms with Crippen LogP contribution >= 0.6 is 0 Å². The van der Waals surface area contributed by atoms with Gasteiger partial charge < -0.3 is 19.5 Å². The van der Waals surface area contributed by atoms with Gasteiger partial charge in [-0.25, -0.2) is 0 Å². The first-order valence-corrected chi connectivity index (χ1v) is 7.04. The number of alkyl halides is 3. The maximum Gasteiger partial charge on any atom is 0.406 e. The average Bonchev–Trinajstić information content (AvgIpc) is 3.00. The summed E-state index contributed by atoms with van der Waals surface area (Å²) in [5.41, 5.74) is -2.91. The maximum atomic E-state index is 13.1. The predicted octanol–water partition coefficient (Wildman–Crippen LogP) is 1.94. The molecule has 9 heteroatoms. The molecular formula is C15H16F3NO5. The van der Waals surface area contributed by atoms with Gasteiger partial charge in [-0.15, -0.1) is 0 Å². The topological polar surface area (TPSA) is 76.1 Å². The first kappa shape index (κ1) is 17.9. The summed E-state index contributed by atoms with van der Waals surface area (Å²) < 4.78 is 49.4. The number of benzene rings is 1. The second kappa shape index (κ2) is 6.58. The SMILES string of the molecule is COc1ccc(OCC(=O)N2CCC(C(=O)O)(C(F)(F)F)C2)cc1. The van der Waals surface area contributed by atoms with Gasteiger partial charge in [-0.3, -0.25) is 9.59 Å². The van der Waals surface area contributed by atoms with Crippen LogP contribution in [-0.4, -0.2) is 54.9 Å². The Bertz CT molecular complexity index is 617. The molecule has 2 rings (SSSR count). The fourth-order valence-electron chi connectivity index (χ4n) is 2.46. The van der Waals surface area contributed by atoms with Crippen LogP contribution in [0.2, 0.25) is 0 Å². The quantitative estimate of drug-likeness (QED) is 0.881. The van der Waals surface area contributed by atoms with E-state index in [1.54, 1.807) is 24.3 Å². The third-order valence-corrected chi connectivity index (χ3v) is 4.00. The van der Waals surface area contributed by atoms with Crippen LogP contribution in [0.25, 0.3) is 0 Å². The summed E-state index contributed by atoms with van der Waals surface area (Å²) in [5.74, 6) is -1.73. The van der Waals surface area contributed by atoms with E-state index in [2.05, 4.69) is 0 Å². The molecular weight excluding hydrogens is 331 g/mol. The molecule has 1 aliphatic rings. The van der Waals surface area contributed by atoms with Crippen LogP contribution < -0.4 is 9.47 Å². The van der Waals surface area contributed by atoms with Gasteiger partial charge in [-0.2, -0.15) is 13.2 Å². The third-order valence-electron chi connectivity index (χ3n) is 4.00. The number of carbonyl (C=O) groups is 2. The standard InChI is InChI=1S/C15H16F3NO5/c1-23-10-2-4-11(5-3-10)24-8-12(20)19-7-6-14(9-19,13(21)22)15(16,17)18/h2-5H,6-9H2,1H3,(H,21,22). The average molecular weight is 347 g/mol. The lowest BCUT2D eigenvalue weighted by Gasteiger charge is -2.27. The molecule has 1 N–H and O–H groups in total. The largest absolute Gasteiger partial charge is 0.497 e. The second-order valence-corrected chi connectivity index (χ2v) is 5.41. The summed E-state index contributed by atoms with van der Waals surface area (Å²) in [7, 11) is 1.49. The highest BCUT2D eigenvalue weighted by Crippen LogP contribution is 2.45. The number of amides is 1. The molecule has 0 bridgehead atoms. The Morgan fingerprint density at radius 2 is 1.83 bits per heavy atom. The minimum absolute atomic E-state index is 0.281. The number of nitrogens with zero attached hydrogens (tertiary/aromatic N) is 1. The monoisotopic (exact) mass is 347 g/mol. The smallest absolute Gasteiger partial charge is 0.406 e. The molecule has 1 saturated heterocycles. The first-order chi connectivity index (χ1) is 11.2. The highest BCUT2D eigenvalue weighted by atomic mass is 19.4. The molecule has 0 spiro atoms. The van der Waals surface area contributed by atoms with Crippen molar-refractivity contribution in [3.8, 4) is 11.5 Å². The van der Waals surface area contributed by atoms with E-state index in [1.165, 1.54) is 7.11 Å². The maximum absolute atomic E-state index is 13.1. The minimum Gasteiger partial charge on any atom is -0.497 e. The molecule has 1 heterocycles. The number of rotatable bonds is 5. The highest BCUT2D eigenvalue weighted by molar-refractivity contribution is 5.82. The number of carboxylic acids is 1. The normalized spacial score (nSPS) is 20.8. The molecule has 132 valence electrons. The van der Waals surface area contributed by atoms with Crippen LogP contribution in [0.3, 0.4) is 0 Å². The summed E-state index contributed by atoms with van der Waals surface area (Å²) >= 11 is 0. The number of hydrogen-bond donors (Lipinski definition) is 1. The lowest BCUT2D eigenvalue weighted by molar-refractivity contribution is -0.227. The van der Waals surface area contributed by atoms with Crippen molar-refractivity contribution in [1.29, 1.82) is 0 Å². The van der Waals surface area contributed by atoms with Gasteiger partial charge >= 0.3 is 12.1 Å². The molecule has 24 heavy (non-hydrogen) atoms. The number of likely N-dealkylation sites (tertiary alicyclic amines) is 1. The van der Waals surface area contributed by atoms with E-state index in [0.29, 0.717) is 11.5 Å². The molecule has 1 aromatic carbocycles. The summed E-state index contributed by atoms with van der Waals surface area (Å²) in [6.07, 6.45) is -5.59. The van der Waals surface area contributed by atoms with Crippen LogP contribution in [0.4, 0.5) is 13.2 Å². The van der Waals surface area contributed by atoms with Crippen molar-refractivity contribution in [2.75, 3.05) is 26.8 Å². The van der Waals surface area contributed by atoms with E-state index in [0.717, 1.165) is 4.90 Å². The number of hydrogen-bond acceptors (Lipinski definition) is 4. The Balaban J connectivity index is 1.97. The molecule has 0 aromatic heterocycles. The van der Waals surface area contributed by atoms with E-state index in [4.69, 9.17) is 14.6 Å². The Morgan fingerprint density at radius 1 is 1.25 bits per heavy atom. The van der Waals surface area contributed by atoms with E-state index in [1.807, 2.05) is 0 Å². The molecule has 1 atom stereocenters. The van der Waals surface area contributed by atoms with Gasteiger partial charge in [0.05, 0.1) is 7.11 Å². The molecule has 0 saturated carbocycles. The number of aliphatic carboxylic acids is 1. The number of halogens is 3. The van der Waals surface area contributed by atoms with Gasteiger partial charge in [-0.1, -0.05) is 0 Å². The number of carboxylic acid groups (broad SMARTS) is 1. The van der Waals surface area contributed by atoms with Crippen molar-refractivity contribution in [3.05, 3.63) is 24.3 Å². The molecule has 1 aliphatic heterocycles. The number of methoxy groups -OCH3 is 1. The lowest BCUT2D eigenvalue weighted by Crippen LogP contribution is -2.48. The summed E-state index contributed by atoms with van der Waals surface area (Å²) in [5, 5.41) is 8.96. The molecule has 1 amide bonds. The molecule has 0 radical (unpaired) electrons. The molecule has 0 aliphatic carbocycles. The Morgan fingerprint density at radius 3 is 2.29 bits per heavy atom. The number of carbonyl (C=O) groups excluding carboxylic acids is 1. The summed E-state index contributed by atoms with van der Waals surface area (Å²) in [4.78, 5) is 23.9. The number of ether oxygens (including phenoxy) is 2. The zero-order chi connectivity index (χ0) is 18.0. The van der Waals surface area contributed by atoms with Gasteiger partial charge in [0.25, 0.3) is 5.91 Å². The zero-order valence-corrected chi connectivity index (χ0v) is 12.8. The Hall–Kier alpha value is -2.45. The van der Waals surface area contributed by atoms with Crippen molar-refractivity contribution < 1.29 is 37.3 Å². The predicted molar refractivity (Wildman–Crippen MR) is 75.8 cm³/mol. The van der Waals surface area contributed by atoms with Crippen molar-refractivity contribution in [2.24, 2.45) is 5.41 Å². The minimum atomic E-state index is -4.93. The summed E-state index contributed by atoms with van der Waals surface area (Å²) in [6.45, 7) is -1.66. The van der Waals surface area contributed by atoms with Crippen LogP contribution in [0.5, 0.6) is 11.5 Å². The van der Waals surface area contributed by atoms with Crippen molar-refractivity contribution in [3.63, 3.8) is 0 Å². The van der Waals surface area contributed by atoms with Crippen molar-refractivity contribution in [1.82, 2.24) is 4.90 Å². The van der Waals surface area contributed by atoms with Crippen LogP contribution in [-0.2, 0) is 9.59 Å². The molecule has 6 nitrogen and oxygen atoms in total. The first-order valence-electron chi connectivity index (χ1n) is 7.04. The lowest BCUT2D eigenvalue weighted by atomic mass is 9.86. The fraction of sp³-hybridized carbons (Fsp3) is 0.467. The van der Waals surface area contributed by atoms with Crippen LogP contribution in [0, 0.1) is 5.41 Å². The van der Waals surface area contributed by atoms with Gasteiger partial charge in [0.1, 0.15) is 11.5 Å². The van der Waals surface area contributed by atoms with Crippen LogP contribution in [0.1, 0.15) is 6.42 Å². The van der Waals surface area contributed by atoms with Crippen molar-refractivity contribution >= 4 is 11.9 Å². The molecule has 1 aromatic rings. The highest BCUT2D eigenvalue weighted by Gasteiger charge is 2.64.